The summed E-state index contributed by atoms with van der Waals surface area (Å²) >= 11 is 11.5. The van der Waals surface area contributed by atoms with Gasteiger partial charge in [0.2, 0.25) is 0 Å². The molecule has 0 bridgehead atoms. The van der Waals surface area contributed by atoms with Gasteiger partial charge in [0.15, 0.2) is 0 Å². The first-order valence-electron chi connectivity index (χ1n) is 5.49. The summed E-state index contributed by atoms with van der Waals surface area (Å²) in [7, 11) is 0. The quantitative estimate of drug-likeness (QED) is 0.688. The zero-order valence-electron chi connectivity index (χ0n) is 10.7. The summed E-state index contributed by atoms with van der Waals surface area (Å²) in [6.45, 7) is 5.16. The predicted octanol–water partition coefficient (Wildman–Crippen LogP) is 3.15. The van der Waals surface area contributed by atoms with Crippen LogP contribution < -0.4 is 5.32 Å². The fraction of sp³-hybridized carbons (Fsp3) is 0.417. The molecule has 0 aliphatic heterocycles. The molecule has 1 heterocycles. The molecule has 104 valence electrons. The second-order valence-corrected chi connectivity index (χ2v) is 5.62. The van der Waals surface area contributed by atoms with Gasteiger partial charge < -0.3 is 14.8 Å². The largest absolute Gasteiger partial charge is 0.444 e. The van der Waals surface area contributed by atoms with Crippen molar-refractivity contribution in [1.29, 1.82) is 0 Å². The lowest BCUT2D eigenvalue weighted by atomic mass is 10.2. The van der Waals surface area contributed by atoms with Crippen LogP contribution in [0.4, 0.5) is 4.79 Å². The molecule has 1 aromatic heterocycles. The highest BCUT2D eigenvalue weighted by Crippen LogP contribution is 2.19. The Balaban J connectivity index is 2.84. The zero-order chi connectivity index (χ0) is 14.6. The summed E-state index contributed by atoms with van der Waals surface area (Å²) < 4.78 is 5.05. The van der Waals surface area contributed by atoms with Crippen LogP contribution in [0.3, 0.4) is 0 Å². The van der Waals surface area contributed by atoms with E-state index in [4.69, 9.17) is 27.9 Å². The SMILES string of the molecule is CC(C)(C)OC(=O)NC(C=O)c1cc(Cl)cc(Cl)n1. The van der Waals surface area contributed by atoms with Crippen molar-refractivity contribution < 1.29 is 14.3 Å². The number of hydrogen-bond donors (Lipinski definition) is 1. The van der Waals surface area contributed by atoms with E-state index in [1.807, 2.05) is 0 Å². The number of halogens is 2. The van der Waals surface area contributed by atoms with Gasteiger partial charge in [-0.1, -0.05) is 23.2 Å². The highest BCUT2D eigenvalue weighted by molar-refractivity contribution is 6.33. The van der Waals surface area contributed by atoms with Gasteiger partial charge in [0.05, 0.1) is 5.69 Å². The summed E-state index contributed by atoms with van der Waals surface area (Å²) in [6.07, 6.45) is -0.193. The number of carbonyl (C=O) groups is 2. The Morgan fingerprint density at radius 2 is 2.05 bits per heavy atom. The molecule has 0 radical (unpaired) electrons. The maximum absolute atomic E-state index is 11.6. The van der Waals surface area contributed by atoms with Crippen molar-refractivity contribution in [2.45, 2.75) is 32.4 Å². The second-order valence-electron chi connectivity index (χ2n) is 4.79. The van der Waals surface area contributed by atoms with Crippen molar-refractivity contribution >= 4 is 35.6 Å². The van der Waals surface area contributed by atoms with Crippen molar-refractivity contribution in [3.63, 3.8) is 0 Å². The molecule has 5 nitrogen and oxygen atoms in total. The molecule has 1 rings (SSSR count). The highest BCUT2D eigenvalue weighted by Gasteiger charge is 2.21. The Bertz CT molecular complexity index is 466. The maximum Gasteiger partial charge on any atom is 0.408 e. The Labute approximate surface area is 121 Å². The Hall–Kier alpha value is -1.33. The Morgan fingerprint density at radius 3 is 2.53 bits per heavy atom. The van der Waals surface area contributed by atoms with E-state index in [0.717, 1.165) is 0 Å². The van der Waals surface area contributed by atoms with Crippen molar-refractivity contribution in [3.8, 4) is 0 Å². The van der Waals surface area contributed by atoms with Gasteiger partial charge in [0.1, 0.15) is 23.1 Å². The van der Waals surface area contributed by atoms with Crippen molar-refractivity contribution in [2.75, 3.05) is 0 Å². The van der Waals surface area contributed by atoms with E-state index in [-0.39, 0.29) is 10.8 Å². The topological polar surface area (TPSA) is 68.3 Å². The number of aldehydes is 1. The molecular formula is C12H14Cl2N2O3. The lowest BCUT2D eigenvalue weighted by Gasteiger charge is -2.21. The average Bonchev–Trinajstić information content (AvgIpc) is 2.21. The second kappa shape index (κ2) is 6.21. The zero-order valence-corrected chi connectivity index (χ0v) is 12.2. The van der Waals surface area contributed by atoms with Gasteiger partial charge in [0.25, 0.3) is 0 Å². The summed E-state index contributed by atoms with van der Waals surface area (Å²) in [5, 5.41) is 2.85. The van der Waals surface area contributed by atoms with E-state index >= 15 is 0 Å². The van der Waals surface area contributed by atoms with Gasteiger partial charge >= 0.3 is 6.09 Å². The number of alkyl carbamates (subject to hydrolysis) is 1. The summed E-state index contributed by atoms with van der Waals surface area (Å²) in [6, 6.07) is 1.91. The molecule has 1 N–H and O–H groups in total. The van der Waals surface area contributed by atoms with Crippen LogP contribution in [-0.4, -0.2) is 23.0 Å². The third kappa shape index (κ3) is 5.44. The molecule has 0 saturated carbocycles. The fourth-order valence-electron chi connectivity index (χ4n) is 1.26. The standard InChI is InChI=1S/C12H14Cl2N2O3/c1-12(2,3)19-11(18)16-9(6-17)8-4-7(13)5-10(14)15-8/h4-6,9H,1-3H3,(H,16,18). The van der Waals surface area contributed by atoms with Gasteiger partial charge in [-0.2, -0.15) is 0 Å². The molecule has 0 aliphatic rings. The molecule has 0 aliphatic carbocycles. The average molecular weight is 305 g/mol. The first-order chi connectivity index (χ1) is 8.71. The van der Waals surface area contributed by atoms with Crippen molar-refractivity contribution in [2.24, 2.45) is 0 Å². The van der Waals surface area contributed by atoms with Crippen LogP contribution in [0, 0.1) is 0 Å². The third-order valence-electron chi connectivity index (χ3n) is 1.91. The van der Waals surface area contributed by atoms with Crippen LogP contribution in [0.25, 0.3) is 0 Å². The number of rotatable bonds is 3. The Morgan fingerprint density at radius 1 is 1.42 bits per heavy atom. The van der Waals surface area contributed by atoms with E-state index in [0.29, 0.717) is 11.3 Å². The minimum absolute atomic E-state index is 0.139. The lowest BCUT2D eigenvalue weighted by Crippen LogP contribution is -2.35. The van der Waals surface area contributed by atoms with E-state index in [1.165, 1.54) is 12.1 Å². The van der Waals surface area contributed by atoms with Gasteiger partial charge in [-0.05, 0) is 32.9 Å². The van der Waals surface area contributed by atoms with Crippen LogP contribution in [-0.2, 0) is 9.53 Å². The van der Waals surface area contributed by atoms with Crippen LogP contribution in [0.2, 0.25) is 10.2 Å². The monoisotopic (exact) mass is 304 g/mol. The van der Waals surface area contributed by atoms with Crippen LogP contribution in [0.1, 0.15) is 32.5 Å². The number of ether oxygens (including phenoxy) is 1. The maximum atomic E-state index is 11.6. The van der Waals surface area contributed by atoms with E-state index in [9.17, 15) is 9.59 Å². The molecule has 1 atom stereocenters. The third-order valence-corrected chi connectivity index (χ3v) is 2.32. The minimum Gasteiger partial charge on any atom is -0.444 e. The summed E-state index contributed by atoms with van der Waals surface area (Å²) in [5.74, 6) is 0. The molecule has 0 aromatic carbocycles. The number of pyridine rings is 1. The van der Waals surface area contributed by atoms with Gasteiger partial charge in [-0.25, -0.2) is 9.78 Å². The summed E-state index contributed by atoms with van der Waals surface area (Å²) in [4.78, 5) is 26.6. The predicted molar refractivity (Wildman–Crippen MR) is 72.4 cm³/mol. The smallest absolute Gasteiger partial charge is 0.408 e. The van der Waals surface area contributed by atoms with Crippen molar-refractivity contribution in [3.05, 3.63) is 28.0 Å². The number of amides is 1. The molecule has 19 heavy (non-hydrogen) atoms. The Kier molecular flexibility index (Phi) is 5.14. The van der Waals surface area contributed by atoms with E-state index < -0.39 is 17.7 Å². The van der Waals surface area contributed by atoms with Gasteiger partial charge in [0, 0.05) is 5.02 Å². The summed E-state index contributed by atoms with van der Waals surface area (Å²) in [5.41, 5.74) is -0.407. The normalized spacial score (nSPS) is 12.7. The van der Waals surface area contributed by atoms with E-state index in [2.05, 4.69) is 10.3 Å². The first kappa shape index (κ1) is 15.7. The first-order valence-corrected chi connectivity index (χ1v) is 6.24. The molecular weight excluding hydrogens is 291 g/mol. The number of aromatic nitrogens is 1. The van der Waals surface area contributed by atoms with Crippen LogP contribution in [0.15, 0.2) is 12.1 Å². The van der Waals surface area contributed by atoms with Gasteiger partial charge in [-0.3, -0.25) is 0 Å². The van der Waals surface area contributed by atoms with Crippen molar-refractivity contribution in [1.82, 2.24) is 10.3 Å². The molecule has 1 unspecified atom stereocenters. The lowest BCUT2D eigenvalue weighted by molar-refractivity contribution is -0.109. The number of hydrogen-bond acceptors (Lipinski definition) is 4. The molecule has 1 amide bonds. The number of carbonyl (C=O) groups excluding carboxylic acids is 2. The number of nitrogens with zero attached hydrogens (tertiary/aromatic N) is 1. The molecule has 7 heteroatoms. The highest BCUT2D eigenvalue weighted by atomic mass is 35.5. The molecule has 0 spiro atoms. The molecule has 0 saturated heterocycles. The van der Waals surface area contributed by atoms with E-state index in [1.54, 1.807) is 20.8 Å². The van der Waals surface area contributed by atoms with Crippen LogP contribution >= 0.6 is 23.2 Å². The number of nitrogens with one attached hydrogen (secondary N) is 1. The molecule has 0 fully saturated rings. The fourth-order valence-corrected chi connectivity index (χ4v) is 1.74. The van der Waals surface area contributed by atoms with Gasteiger partial charge in [-0.15, -0.1) is 0 Å². The van der Waals surface area contributed by atoms with Crippen LogP contribution in [0.5, 0.6) is 0 Å². The minimum atomic E-state index is -0.967. The molecule has 1 aromatic rings.